The second-order valence-electron chi connectivity index (χ2n) is 9.97. The van der Waals surface area contributed by atoms with Crippen molar-refractivity contribution >= 4 is 23.1 Å². The van der Waals surface area contributed by atoms with Gasteiger partial charge < -0.3 is 19.3 Å². The molecule has 1 fully saturated rings. The molecule has 1 spiro atoms. The Morgan fingerprint density at radius 1 is 1.26 bits per heavy atom. The van der Waals surface area contributed by atoms with Gasteiger partial charge in [-0.1, -0.05) is 12.1 Å². The molecule has 188 valence electrons. The SMILES string of the molecule is COC[C@H]1CN(c2nc([S+](C)[O-])nc3c2CC[C@@]2(CCc4c(F)cccc4C2)C3)CCN1C(=O)O. The number of carbonyl (C=O) groups is 1. The highest BCUT2D eigenvalue weighted by atomic mass is 32.2. The molecule has 5 rings (SSSR count). The van der Waals surface area contributed by atoms with Gasteiger partial charge in [0.25, 0.3) is 0 Å². The van der Waals surface area contributed by atoms with Gasteiger partial charge in [-0.3, -0.25) is 4.90 Å². The van der Waals surface area contributed by atoms with E-state index >= 15 is 0 Å². The third-order valence-electron chi connectivity index (χ3n) is 7.83. The summed E-state index contributed by atoms with van der Waals surface area (Å²) in [6, 6.07) is 5.04. The molecule has 3 atom stereocenters. The zero-order valence-corrected chi connectivity index (χ0v) is 20.9. The maximum atomic E-state index is 14.3. The molecule has 3 aliphatic rings. The lowest BCUT2D eigenvalue weighted by molar-refractivity contribution is 0.0734. The molecule has 1 unspecified atom stereocenters. The number of methoxy groups -OCH3 is 1. The van der Waals surface area contributed by atoms with Gasteiger partial charge in [0.1, 0.15) is 17.9 Å². The number of anilines is 1. The summed E-state index contributed by atoms with van der Waals surface area (Å²) in [5, 5.41) is 9.90. The topological polar surface area (TPSA) is 102 Å². The number of amides is 1. The Labute approximate surface area is 207 Å². The average molecular weight is 503 g/mol. The molecule has 10 heteroatoms. The Kier molecular flexibility index (Phi) is 6.63. The van der Waals surface area contributed by atoms with Crippen molar-refractivity contribution < 1.29 is 23.6 Å². The van der Waals surface area contributed by atoms with E-state index < -0.39 is 17.3 Å². The maximum Gasteiger partial charge on any atom is 0.407 e. The summed E-state index contributed by atoms with van der Waals surface area (Å²) in [6.07, 6.45) is 5.56. The van der Waals surface area contributed by atoms with Gasteiger partial charge in [0.05, 0.1) is 18.3 Å². The first-order valence-electron chi connectivity index (χ1n) is 12.0. The quantitative estimate of drug-likeness (QED) is 0.507. The van der Waals surface area contributed by atoms with Crippen molar-refractivity contribution in [3.05, 3.63) is 46.4 Å². The van der Waals surface area contributed by atoms with Crippen LogP contribution in [0.5, 0.6) is 0 Å². The monoisotopic (exact) mass is 502 g/mol. The van der Waals surface area contributed by atoms with E-state index in [2.05, 4.69) is 4.90 Å². The zero-order valence-electron chi connectivity index (χ0n) is 20.1. The lowest BCUT2D eigenvalue weighted by Crippen LogP contribution is -2.57. The molecule has 1 aromatic carbocycles. The number of fused-ring (bicyclic) bond motifs is 2. The highest BCUT2D eigenvalue weighted by Crippen LogP contribution is 2.47. The fraction of sp³-hybridized carbons (Fsp3) is 0.560. The minimum absolute atomic E-state index is 0.00646. The van der Waals surface area contributed by atoms with Crippen molar-refractivity contribution in [2.75, 3.05) is 44.5 Å². The van der Waals surface area contributed by atoms with Gasteiger partial charge in [-0.05, 0) is 61.1 Å². The zero-order chi connectivity index (χ0) is 24.7. The molecule has 2 heterocycles. The van der Waals surface area contributed by atoms with Crippen LogP contribution < -0.4 is 4.90 Å². The summed E-state index contributed by atoms with van der Waals surface area (Å²) >= 11 is -1.35. The van der Waals surface area contributed by atoms with Gasteiger partial charge in [0.15, 0.2) is 0 Å². The molecule has 1 aromatic heterocycles. The van der Waals surface area contributed by atoms with Gasteiger partial charge in [-0.25, -0.2) is 9.18 Å². The van der Waals surface area contributed by atoms with Crippen molar-refractivity contribution in [2.24, 2.45) is 5.41 Å². The average Bonchev–Trinajstić information content (AvgIpc) is 2.83. The second kappa shape index (κ2) is 9.55. The Morgan fingerprint density at radius 3 is 2.74 bits per heavy atom. The Balaban J connectivity index is 1.47. The van der Waals surface area contributed by atoms with Crippen LogP contribution in [0, 0.1) is 11.2 Å². The number of hydrogen-bond acceptors (Lipinski definition) is 6. The molecular formula is C25H31FN4O4S. The predicted molar refractivity (Wildman–Crippen MR) is 130 cm³/mol. The minimum atomic E-state index is -1.35. The maximum absolute atomic E-state index is 14.3. The van der Waals surface area contributed by atoms with Crippen LogP contribution in [-0.2, 0) is 41.6 Å². The van der Waals surface area contributed by atoms with Crippen LogP contribution in [0.15, 0.2) is 23.4 Å². The smallest absolute Gasteiger partial charge is 0.407 e. The number of rotatable bonds is 4. The van der Waals surface area contributed by atoms with Crippen molar-refractivity contribution in [1.29, 1.82) is 0 Å². The van der Waals surface area contributed by atoms with E-state index in [9.17, 15) is 18.8 Å². The first-order chi connectivity index (χ1) is 16.8. The number of halogens is 1. The van der Waals surface area contributed by atoms with Crippen LogP contribution in [0.2, 0.25) is 0 Å². The Bertz CT molecular complexity index is 1130. The Hall–Kier alpha value is -2.43. The first kappa shape index (κ1) is 24.3. The van der Waals surface area contributed by atoms with Crippen LogP contribution in [0.3, 0.4) is 0 Å². The van der Waals surface area contributed by atoms with E-state index in [1.165, 1.54) is 11.0 Å². The third kappa shape index (κ3) is 4.59. The molecule has 0 saturated carbocycles. The fourth-order valence-corrected chi connectivity index (χ4v) is 6.51. The normalized spacial score (nSPS) is 24.7. The first-order valence-corrected chi connectivity index (χ1v) is 13.6. The molecule has 8 nitrogen and oxygen atoms in total. The van der Waals surface area contributed by atoms with Gasteiger partial charge in [0, 0.05) is 43.5 Å². The van der Waals surface area contributed by atoms with E-state index in [0.29, 0.717) is 31.4 Å². The third-order valence-corrected chi connectivity index (χ3v) is 8.53. The van der Waals surface area contributed by atoms with Gasteiger partial charge in [0.2, 0.25) is 0 Å². The van der Waals surface area contributed by atoms with Crippen LogP contribution in [0.1, 0.15) is 35.2 Å². The van der Waals surface area contributed by atoms with Crippen molar-refractivity contribution in [2.45, 2.75) is 49.7 Å². The van der Waals surface area contributed by atoms with Gasteiger partial charge in [-0.2, -0.15) is 9.97 Å². The van der Waals surface area contributed by atoms with Crippen molar-refractivity contribution in [1.82, 2.24) is 14.9 Å². The molecule has 2 aliphatic carbocycles. The number of benzene rings is 1. The van der Waals surface area contributed by atoms with E-state index in [-0.39, 0.29) is 17.3 Å². The van der Waals surface area contributed by atoms with Crippen molar-refractivity contribution in [3.8, 4) is 0 Å². The summed E-state index contributed by atoms with van der Waals surface area (Å²) in [6.45, 7) is 1.60. The second-order valence-corrected chi connectivity index (χ2v) is 11.2. The van der Waals surface area contributed by atoms with Gasteiger partial charge >= 0.3 is 11.2 Å². The molecule has 1 N–H and O–H groups in total. The number of carboxylic acid groups (broad SMARTS) is 1. The Morgan fingerprint density at radius 2 is 2.03 bits per heavy atom. The van der Waals surface area contributed by atoms with E-state index in [1.807, 2.05) is 6.07 Å². The predicted octanol–water partition coefficient (Wildman–Crippen LogP) is 2.83. The highest BCUT2D eigenvalue weighted by molar-refractivity contribution is 7.90. The molecule has 1 aliphatic heterocycles. The van der Waals surface area contributed by atoms with Gasteiger partial charge in [-0.15, -0.1) is 0 Å². The number of piperazine rings is 1. The number of aromatic nitrogens is 2. The summed E-state index contributed by atoms with van der Waals surface area (Å²) in [4.78, 5) is 24.7. The lowest BCUT2D eigenvalue weighted by Gasteiger charge is -2.44. The number of hydrogen-bond donors (Lipinski definition) is 1. The molecular weight excluding hydrogens is 471 g/mol. The highest BCUT2D eigenvalue weighted by Gasteiger charge is 2.41. The van der Waals surface area contributed by atoms with Crippen molar-refractivity contribution in [3.63, 3.8) is 0 Å². The number of ether oxygens (including phenoxy) is 1. The fourth-order valence-electron chi connectivity index (χ4n) is 6.05. The largest absolute Gasteiger partial charge is 0.609 e. The molecule has 1 amide bonds. The number of nitrogens with zero attached hydrogens (tertiary/aromatic N) is 4. The van der Waals surface area contributed by atoms with Crippen LogP contribution in [0.25, 0.3) is 0 Å². The molecule has 0 bridgehead atoms. The minimum Gasteiger partial charge on any atom is -0.609 e. The van der Waals surface area contributed by atoms with E-state index in [4.69, 9.17) is 14.7 Å². The molecule has 2 aromatic rings. The van der Waals surface area contributed by atoms with Crippen LogP contribution >= 0.6 is 0 Å². The summed E-state index contributed by atoms with van der Waals surface area (Å²) in [5.41, 5.74) is 3.92. The summed E-state index contributed by atoms with van der Waals surface area (Å²) in [5.74, 6) is 0.649. The van der Waals surface area contributed by atoms with Crippen LogP contribution in [-0.4, -0.2) is 76.3 Å². The summed E-state index contributed by atoms with van der Waals surface area (Å²) in [7, 11) is 1.57. The lowest BCUT2D eigenvalue weighted by atomic mass is 9.63. The molecule has 1 saturated heterocycles. The standard InChI is InChI=1S/C25H31FN4O4S/c1-34-15-17-14-29(10-11-30(17)24(31)32)22-19-7-9-25(13-21(19)27-23(28-22)35(2)33)8-6-18-16(12-25)4-3-5-20(18)26/h3-5,17H,6-15H2,1-2H3,(H,31,32)/t17-,25-,35?/m1/s1. The molecule has 0 radical (unpaired) electrons. The summed E-state index contributed by atoms with van der Waals surface area (Å²) < 4.78 is 32.1. The van der Waals surface area contributed by atoms with Crippen LogP contribution in [0.4, 0.5) is 15.0 Å². The van der Waals surface area contributed by atoms with E-state index in [1.54, 1.807) is 19.4 Å². The molecule has 35 heavy (non-hydrogen) atoms. The van der Waals surface area contributed by atoms with E-state index in [0.717, 1.165) is 66.7 Å².